The maximum Gasteiger partial charge on any atom is 0.268 e. The lowest BCUT2D eigenvalue weighted by atomic mass is 10.1. The van der Waals surface area contributed by atoms with E-state index in [-0.39, 0.29) is 4.90 Å². The van der Waals surface area contributed by atoms with Gasteiger partial charge in [0.05, 0.1) is 24.6 Å². The highest BCUT2D eigenvalue weighted by Gasteiger charge is 2.23. The zero-order chi connectivity index (χ0) is 23.0. The number of hydrogen-bond donors (Lipinski definition) is 0. The summed E-state index contributed by atoms with van der Waals surface area (Å²) in [6.45, 7) is 0. The van der Waals surface area contributed by atoms with Crippen LogP contribution < -0.4 is 9.47 Å². The van der Waals surface area contributed by atoms with Crippen LogP contribution in [0.2, 0.25) is 0 Å². The molecule has 0 aliphatic heterocycles. The van der Waals surface area contributed by atoms with Gasteiger partial charge in [0.2, 0.25) is 5.89 Å². The number of fused-ring (bicyclic) bond motifs is 1. The molecule has 8 heteroatoms. The predicted molar refractivity (Wildman–Crippen MR) is 125 cm³/mol. The smallest absolute Gasteiger partial charge is 0.268 e. The number of methoxy groups -OCH3 is 2. The number of hydrogen-bond acceptors (Lipinski definition) is 6. The number of benzene rings is 3. The van der Waals surface area contributed by atoms with Crippen LogP contribution in [0.15, 0.2) is 94.6 Å². The summed E-state index contributed by atoms with van der Waals surface area (Å²) in [4.78, 5) is 4.84. The van der Waals surface area contributed by atoms with Crippen LogP contribution in [0.4, 0.5) is 0 Å². The van der Waals surface area contributed by atoms with Gasteiger partial charge in [-0.1, -0.05) is 36.4 Å². The number of para-hydroxylation sites is 1. The molecule has 0 radical (unpaired) electrons. The molecule has 0 saturated carbocycles. The fourth-order valence-electron chi connectivity index (χ4n) is 3.76. The number of ether oxygens (including phenoxy) is 2. The first kappa shape index (κ1) is 20.8. The number of nitrogens with zero attached hydrogens (tertiary/aromatic N) is 2. The van der Waals surface area contributed by atoms with E-state index in [0.29, 0.717) is 39.7 Å². The van der Waals surface area contributed by atoms with Crippen LogP contribution in [-0.2, 0) is 10.0 Å². The lowest BCUT2D eigenvalue weighted by molar-refractivity contribution is 0.355. The van der Waals surface area contributed by atoms with Crippen molar-refractivity contribution in [1.82, 2.24) is 8.96 Å². The average Bonchev–Trinajstić information content (AvgIpc) is 3.49. The Morgan fingerprint density at radius 1 is 0.879 bits per heavy atom. The molecule has 166 valence electrons. The summed E-state index contributed by atoms with van der Waals surface area (Å²) >= 11 is 0. The first-order valence-corrected chi connectivity index (χ1v) is 11.6. The molecule has 3 aromatic carbocycles. The van der Waals surface area contributed by atoms with Crippen molar-refractivity contribution in [2.75, 3.05) is 14.2 Å². The zero-order valence-electron chi connectivity index (χ0n) is 17.9. The van der Waals surface area contributed by atoms with Crippen molar-refractivity contribution < 1.29 is 22.3 Å². The Morgan fingerprint density at radius 3 is 2.36 bits per heavy atom. The average molecular weight is 461 g/mol. The normalized spacial score (nSPS) is 11.6. The second-order valence-corrected chi connectivity index (χ2v) is 9.10. The summed E-state index contributed by atoms with van der Waals surface area (Å²) in [6.07, 6.45) is 3.11. The van der Waals surface area contributed by atoms with Gasteiger partial charge in [0.25, 0.3) is 10.0 Å². The van der Waals surface area contributed by atoms with Crippen LogP contribution in [0.5, 0.6) is 11.5 Å². The van der Waals surface area contributed by atoms with Crippen molar-refractivity contribution in [2.24, 2.45) is 0 Å². The molecule has 7 nitrogen and oxygen atoms in total. The van der Waals surface area contributed by atoms with Crippen molar-refractivity contribution in [3.8, 4) is 34.2 Å². The van der Waals surface area contributed by atoms with E-state index >= 15 is 0 Å². The molecule has 2 aromatic heterocycles. The molecule has 0 amide bonds. The predicted octanol–water partition coefficient (Wildman–Crippen LogP) is 5.22. The molecule has 0 atom stereocenters. The van der Waals surface area contributed by atoms with E-state index < -0.39 is 10.0 Å². The minimum absolute atomic E-state index is 0.212. The summed E-state index contributed by atoms with van der Waals surface area (Å²) in [7, 11) is -0.657. The number of oxazole rings is 1. The lowest BCUT2D eigenvalue weighted by Gasteiger charge is -2.07. The van der Waals surface area contributed by atoms with E-state index in [9.17, 15) is 8.42 Å². The van der Waals surface area contributed by atoms with Gasteiger partial charge in [-0.25, -0.2) is 17.4 Å². The van der Waals surface area contributed by atoms with Crippen LogP contribution in [0.1, 0.15) is 0 Å². The maximum atomic E-state index is 13.3. The summed E-state index contributed by atoms with van der Waals surface area (Å²) in [5.74, 6) is 1.54. The molecule has 0 N–H and O–H groups in total. The standard InChI is InChI=1S/C25H20N2O5S/c1-30-23-13-12-17(14-24(23)31-2)25-26-21(16-32-25)20-15-27(22-11-7-6-10-19(20)22)33(28,29)18-8-4-3-5-9-18/h3-16H,1-2H3. The van der Waals surface area contributed by atoms with Crippen LogP contribution in [-0.4, -0.2) is 31.6 Å². The lowest BCUT2D eigenvalue weighted by Crippen LogP contribution is -2.11. The molecular formula is C25H20N2O5S. The Bertz CT molecular complexity index is 1550. The zero-order valence-corrected chi connectivity index (χ0v) is 18.7. The molecule has 0 aliphatic carbocycles. The second-order valence-electron chi connectivity index (χ2n) is 7.28. The Hall–Kier alpha value is -4.04. The first-order valence-electron chi connectivity index (χ1n) is 10.1. The largest absolute Gasteiger partial charge is 0.493 e. The number of rotatable bonds is 6. The highest BCUT2D eigenvalue weighted by molar-refractivity contribution is 7.90. The molecule has 5 aromatic rings. The van der Waals surface area contributed by atoms with Gasteiger partial charge in [-0.15, -0.1) is 0 Å². The minimum atomic E-state index is -3.79. The third kappa shape index (κ3) is 3.54. The third-order valence-electron chi connectivity index (χ3n) is 5.39. The van der Waals surface area contributed by atoms with E-state index in [1.165, 1.54) is 10.2 Å². The Balaban J connectivity index is 1.62. The summed E-state index contributed by atoms with van der Waals surface area (Å²) in [5, 5.41) is 0.754. The van der Waals surface area contributed by atoms with Crippen molar-refractivity contribution >= 4 is 20.9 Å². The van der Waals surface area contributed by atoms with Crippen molar-refractivity contribution in [3.05, 3.63) is 85.3 Å². The Labute approximate surface area is 190 Å². The highest BCUT2D eigenvalue weighted by atomic mass is 32.2. The molecule has 0 spiro atoms. The van der Waals surface area contributed by atoms with Crippen LogP contribution in [0, 0.1) is 0 Å². The summed E-state index contributed by atoms with van der Waals surface area (Å²) < 4.78 is 44.4. The van der Waals surface area contributed by atoms with Gasteiger partial charge in [-0.05, 0) is 36.4 Å². The monoisotopic (exact) mass is 460 g/mol. The van der Waals surface area contributed by atoms with Gasteiger partial charge < -0.3 is 13.9 Å². The van der Waals surface area contributed by atoms with E-state index in [1.54, 1.807) is 75.0 Å². The molecular weight excluding hydrogens is 440 g/mol. The SMILES string of the molecule is COc1ccc(-c2nc(-c3cn(S(=O)(=O)c4ccccc4)c4ccccc34)co2)cc1OC. The van der Waals surface area contributed by atoms with Crippen molar-refractivity contribution in [1.29, 1.82) is 0 Å². The third-order valence-corrected chi connectivity index (χ3v) is 7.08. The molecule has 0 bridgehead atoms. The first-order chi connectivity index (χ1) is 16.0. The second kappa shape index (κ2) is 8.14. The van der Waals surface area contributed by atoms with Gasteiger partial charge in [0, 0.05) is 22.7 Å². The molecule has 2 heterocycles. The Morgan fingerprint density at radius 2 is 1.61 bits per heavy atom. The summed E-state index contributed by atoms with van der Waals surface area (Å²) in [5.41, 5.74) is 2.45. The van der Waals surface area contributed by atoms with Crippen LogP contribution in [0.3, 0.4) is 0 Å². The topological polar surface area (TPSA) is 83.6 Å². The quantitative estimate of drug-likeness (QED) is 0.346. The minimum Gasteiger partial charge on any atom is -0.493 e. The van der Waals surface area contributed by atoms with Crippen molar-refractivity contribution in [3.63, 3.8) is 0 Å². The Kier molecular flexibility index (Phi) is 5.14. The van der Waals surface area contributed by atoms with Gasteiger partial charge in [-0.2, -0.15) is 0 Å². The van der Waals surface area contributed by atoms with E-state index in [0.717, 1.165) is 5.39 Å². The fraction of sp³-hybridized carbons (Fsp3) is 0.0800. The molecule has 0 fully saturated rings. The number of aromatic nitrogens is 2. The highest BCUT2D eigenvalue weighted by Crippen LogP contribution is 2.36. The van der Waals surface area contributed by atoms with Crippen LogP contribution >= 0.6 is 0 Å². The molecule has 0 saturated heterocycles. The van der Waals surface area contributed by atoms with Gasteiger partial charge in [0.1, 0.15) is 12.0 Å². The van der Waals surface area contributed by atoms with Gasteiger partial charge in [-0.3, -0.25) is 0 Å². The van der Waals surface area contributed by atoms with E-state index in [4.69, 9.17) is 13.9 Å². The van der Waals surface area contributed by atoms with E-state index in [2.05, 4.69) is 4.98 Å². The van der Waals surface area contributed by atoms with Gasteiger partial charge in [0.15, 0.2) is 11.5 Å². The fourth-order valence-corrected chi connectivity index (χ4v) is 5.15. The molecule has 33 heavy (non-hydrogen) atoms. The molecule has 0 unspecified atom stereocenters. The van der Waals surface area contributed by atoms with Crippen molar-refractivity contribution in [2.45, 2.75) is 4.90 Å². The van der Waals surface area contributed by atoms with Gasteiger partial charge >= 0.3 is 0 Å². The molecule has 5 rings (SSSR count). The van der Waals surface area contributed by atoms with E-state index in [1.807, 2.05) is 18.2 Å². The maximum absolute atomic E-state index is 13.3. The summed E-state index contributed by atoms with van der Waals surface area (Å²) in [6, 6.07) is 21.0. The van der Waals surface area contributed by atoms with Crippen LogP contribution in [0.25, 0.3) is 33.6 Å². The molecule has 0 aliphatic rings.